The van der Waals surface area contributed by atoms with Gasteiger partial charge in [-0.15, -0.1) is 0 Å². The van der Waals surface area contributed by atoms with Crippen LogP contribution in [-0.4, -0.2) is 19.2 Å². The second-order valence-electron chi connectivity index (χ2n) is 6.07. The molecule has 0 atom stereocenters. The smallest absolute Gasteiger partial charge is 0.253 e. The average Bonchev–Trinajstić information content (AvgIpc) is 2.61. The van der Waals surface area contributed by atoms with E-state index in [0.29, 0.717) is 17.9 Å². The van der Waals surface area contributed by atoms with Crippen LogP contribution in [0.5, 0.6) is 11.5 Å². The van der Waals surface area contributed by atoms with Crippen LogP contribution in [0.15, 0.2) is 41.2 Å². The molecule has 0 radical (unpaired) electrons. The molecule has 3 aromatic rings. The predicted molar refractivity (Wildman–Crippen MR) is 101 cm³/mol. The summed E-state index contributed by atoms with van der Waals surface area (Å²) in [5.74, 6) is 1.42. The van der Waals surface area contributed by atoms with Crippen molar-refractivity contribution in [3.05, 3.63) is 63.4 Å². The molecule has 5 heteroatoms. The molecule has 1 heterocycles. The quantitative estimate of drug-likeness (QED) is 0.743. The van der Waals surface area contributed by atoms with Crippen LogP contribution in [-0.2, 0) is 6.54 Å². The number of pyridine rings is 1. The van der Waals surface area contributed by atoms with E-state index in [1.54, 1.807) is 14.2 Å². The van der Waals surface area contributed by atoms with Gasteiger partial charge >= 0.3 is 0 Å². The molecular formula is C20H22N2O3. The van der Waals surface area contributed by atoms with Crippen LogP contribution in [0.2, 0.25) is 0 Å². The number of aromatic nitrogens is 1. The largest absolute Gasteiger partial charge is 0.497 e. The van der Waals surface area contributed by atoms with Crippen LogP contribution in [0.1, 0.15) is 16.7 Å². The van der Waals surface area contributed by atoms with E-state index in [9.17, 15) is 4.79 Å². The molecule has 3 rings (SSSR count). The Labute approximate surface area is 146 Å². The van der Waals surface area contributed by atoms with Crippen molar-refractivity contribution in [2.75, 3.05) is 19.5 Å². The highest BCUT2D eigenvalue weighted by molar-refractivity contribution is 5.80. The van der Waals surface area contributed by atoms with E-state index in [4.69, 9.17) is 9.47 Å². The molecule has 0 aliphatic heterocycles. The fourth-order valence-corrected chi connectivity index (χ4v) is 2.80. The summed E-state index contributed by atoms with van der Waals surface area (Å²) in [4.78, 5) is 15.3. The summed E-state index contributed by atoms with van der Waals surface area (Å²) < 4.78 is 10.6. The number of ether oxygens (including phenoxy) is 2. The van der Waals surface area contributed by atoms with Gasteiger partial charge in [0, 0.05) is 23.7 Å². The van der Waals surface area contributed by atoms with Gasteiger partial charge in [0.15, 0.2) is 0 Å². The number of fused-ring (bicyclic) bond motifs is 1. The van der Waals surface area contributed by atoms with E-state index in [1.807, 2.05) is 37.3 Å². The number of anilines is 1. The van der Waals surface area contributed by atoms with E-state index in [0.717, 1.165) is 27.9 Å². The van der Waals surface area contributed by atoms with Crippen molar-refractivity contribution < 1.29 is 9.47 Å². The third kappa shape index (κ3) is 3.45. The van der Waals surface area contributed by atoms with E-state index in [1.165, 1.54) is 5.56 Å². The van der Waals surface area contributed by atoms with Gasteiger partial charge in [0.25, 0.3) is 5.56 Å². The van der Waals surface area contributed by atoms with Gasteiger partial charge in [-0.2, -0.15) is 0 Å². The molecule has 0 spiro atoms. The Balaban J connectivity index is 1.92. The maximum Gasteiger partial charge on any atom is 0.253 e. The molecule has 2 aromatic carbocycles. The Morgan fingerprint density at radius 1 is 1.00 bits per heavy atom. The fraction of sp³-hybridized carbons (Fsp3) is 0.250. The number of benzene rings is 2. The zero-order valence-electron chi connectivity index (χ0n) is 14.9. The lowest BCUT2D eigenvalue weighted by Crippen LogP contribution is -2.16. The first-order valence-electron chi connectivity index (χ1n) is 8.11. The first-order valence-corrected chi connectivity index (χ1v) is 8.11. The Hall–Kier alpha value is -2.95. The third-order valence-corrected chi connectivity index (χ3v) is 4.41. The molecular weight excluding hydrogens is 316 g/mol. The highest BCUT2D eigenvalue weighted by Crippen LogP contribution is 2.29. The summed E-state index contributed by atoms with van der Waals surface area (Å²) in [5.41, 5.74) is 4.58. The van der Waals surface area contributed by atoms with Crippen LogP contribution in [0.4, 0.5) is 5.69 Å². The fourth-order valence-electron chi connectivity index (χ4n) is 2.80. The van der Waals surface area contributed by atoms with Gasteiger partial charge in [0.2, 0.25) is 0 Å². The number of hydrogen-bond donors (Lipinski definition) is 2. The van der Waals surface area contributed by atoms with Gasteiger partial charge in [-0.25, -0.2) is 0 Å². The zero-order valence-corrected chi connectivity index (χ0v) is 14.9. The Morgan fingerprint density at radius 2 is 1.76 bits per heavy atom. The SMILES string of the molecule is COc1ccc(OC)c(NCc2cc3cc(C)c(C)cc3[nH]c2=O)c1. The van der Waals surface area contributed by atoms with Crippen LogP contribution in [0, 0.1) is 13.8 Å². The molecule has 0 saturated carbocycles. The molecule has 0 aliphatic carbocycles. The van der Waals surface area contributed by atoms with Crippen molar-refractivity contribution in [3.63, 3.8) is 0 Å². The van der Waals surface area contributed by atoms with E-state index in [-0.39, 0.29) is 5.56 Å². The first kappa shape index (κ1) is 16.9. The summed E-state index contributed by atoms with van der Waals surface area (Å²) in [6.07, 6.45) is 0. The molecule has 0 bridgehead atoms. The van der Waals surface area contributed by atoms with Gasteiger partial charge in [-0.05, 0) is 60.7 Å². The Bertz CT molecular complexity index is 977. The molecule has 0 fully saturated rings. The average molecular weight is 338 g/mol. The minimum absolute atomic E-state index is 0.0925. The normalized spacial score (nSPS) is 10.7. The Kier molecular flexibility index (Phi) is 4.65. The molecule has 2 N–H and O–H groups in total. The van der Waals surface area contributed by atoms with Gasteiger partial charge < -0.3 is 19.8 Å². The van der Waals surface area contributed by atoms with Crippen molar-refractivity contribution in [1.82, 2.24) is 4.98 Å². The molecule has 5 nitrogen and oxygen atoms in total. The lowest BCUT2D eigenvalue weighted by atomic mass is 10.0. The lowest BCUT2D eigenvalue weighted by Gasteiger charge is -2.13. The third-order valence-electron chi connectivity index (χ3n) is 4.41. The summed E-state index contributed by atoms with van der Waals surface area (Å²) in [5, 5.41) is 4.29. The van der Waals surface area contributed by atoms with Gasteiger partial charge in [0.1, 0.15) is 11.5 Å². The summed E-state index contributed by atoms with van der Waals surface area (Å²) in [7, 11) is 3.23. The number of methoxy groups -OCH3 is 2. The Morgan fingerprint density at radius 3 is 2.48 bits per heavy atom. The van der Waals surface area contributed by atoms with Crippen LogP contribution in [0.25, 0.3) is 10.9 Å². The first-order chi connectivity index (χ1) is 12.0. The van der Waals surface area contributed by atoms with E-state index < -0.39 is 0 Å². The van der Waals surface area contributed by atoms with Crippen molar-refractivity contribution in [1.29, 1.82) is 0 Å². The molecule has 0 unspecified atom stereocenters. The zero-order chi connectivity index (χ0) is 18.0. The van der Waals surface area contributed by atoms with Crippen molar-refractivity contribution in [2.24, 2.45) is 0 Å². The minimum Gasteiger partial charge on any atom is -0.497 e. The molecule has 130 valence electrons. The summed E-state index contributed by atoms with van der Waals surface area (Å²) in [6.45, 7) is 4.50. The second kappa shape index (κ2) is 6.89. The maximum absolute atomic E-state index is 12.4. The van der Waals surface area contributed by atoms with Crippen LogP contribution >= 0.6 is 0 Å². The van der Waals surface area contributed by atoms with Crippen molar-refractivity contribution in [2.45, 2.75) is 20.4 Å². The summed E-state index contributed by atoms with van der Waals surface area (Å²) >= 11 is 0. The van der Waals surface area contributed by atoms with Gasteiger partial charge in [0.05, 0.1) is 19.9 Å². The number of aromatic amines is 1. The minimum atomic E-state index is -0.0925. The molecule has 25 heavy (non-hydrogen) atoms. The number of nitrogens with one attached hydrogen (secondary N) is 2. The number of hydrogen-bond acceptors (Lipinski definition) is 4. The molecule has 1 aromatic heterocycles. The summed E-state index contributed by atoms with van der Waals surface area (Å²) in [6, 6.07) is 11.5. The van der Waals surface area contributed by atoms with Crippen molar-refractivity contribution >= 4 is 16.6 Å². The van der Waals surface area contributed by atoms with Crippen LogP contribution in [0.3, 0.4) is 0 Å². The molecule has 0 amide bonds. The highest BCUT2D eigenvalue weighted by Gasteiger charge is 2.08. The van der Waals surface area contributed by atoms with E-state index in [2.05, 4.69) is 23.3 Å². The van der Waals surface area contributed by atoms with Gasteiger partial charge in [-0.1, -0.05) is 0 Å². The monoisotopic (exact) mass is 338 g/mol. The standard InChI is InChI=1S/C20H22N2O3/c1-12-7-14-9-15(20(23)22-17(14)8-13(12)2)11-21-18-10-16(24-3)5-6-19(18)25-4/h5-10,21H,11H2,1-4H3,(H,22,23). The van der Waals surface area contributed by atoms with Gasteiger partial charge in [-0.3, -0.25) is 4.79 Å². The topological polar surface area (TPSA) is 63.4 Å². The maximum atomic E-state index is 12.4. The van der Waals surface area contributed by atoms with Crippen molar-refractivity contribution in [3.8, 4) is 11.5 Å². The molecule has 0 saturated heterocycles. The van der Waals surface area contributed by atoms with E-state index >= 15 is 0 Å². The predicted octanol–water partition coefficient (Wildman–Crippen LogP) is 3.77. The number of rotatable bonds is 5. The second-order valence-corrected chi connectivity index (χ2v) is 6.07. The molecule has 0 aliphatic rings. The van der Waals surface area contributed by atoms with Crippen LogP contribution < -0.4 is 20.3 Å². The number of H-pyrrole nitrogens is 1. The number of aryl methyl sites for hydroxylation is 2. The lowest BCUT2D eigenvalue weighted by molar-refractivity contribution is 0.404. The highest BCUT2D eigenvalue weighted by atomic mass is 16.5.